The van der Waals surface area contributed by atoms with E-state index in [0.29, 0.717) is 11.3 Å². The molecule has 0 radical (unpaired) electrons. The van der Waals surface area contributed by atoms with Gasteiger partial charge in [-0.2, -0.15) is 0 Å². The third-order valence-electron chi connectivity index (χ3n) is 13.2. The van der Waals surface area contributed by atoms with E-state index in [9.17, 15) is 20.4 Å². The molecule has 6 nitrogen and oxygen atoms in total. The molecule has 1 heterocycles. The van der Waals surface area contributed by atoms with Crippen LogP contribution in [-0.2, 0) is 9.47 Å². The molecule has 0 unspecified atom stereocenters. The highest BCUT2D eigenvalue weighted by Gasteiger charge is 2.59. The van der Waals surface area contributed by atoms with Crippen LogP contribution in [0.1, 0.15) is 105 Å². The lowest BCUT2D eigenvalue weighted by Crippen LogP contribution is -2.60. The molecule has 3 saturated carbocycles. The van der Waals surface area contributed by atoms with Gasteiger partial charge in [0.2, 0.25) is 0 Å². The minimum atomic E-state index is -1.40. The summed E-state index contributed by atoms with van der Waals surface area (Å²) >= 11 is 0. The molecule has 4 aliphatic carbocycles. The number of hydrogen-bond acceptors (Lipinski definition) is 6. The van der Waals surface area contributed by atoms with Crippen LogP contribution in [0.5, 0.6) is 0 Å². The van der Waals surface area contributed by atoms with Crippen LogP contribution in [0.25, 0.3) is 0 Å². The van der Waals surface area contributed by atoms with Crippen LogP contribution in [0.15, 0.2) is 23.8 Å². The van der Waals surface area contributed by atoms with Gasteiger partial charge in [-0.1, -0.05) is 51.5 Å². The van der Waals surface area contributed by atoms with Crippen molar-refractivity contribution in [2.24, 2.45) is 46.3 Å². The highest BCUT2D eigenvalue weighted by molar-refractivity contribution is 5.25. The predicted octanol–water partition coefficient (Wildman–Crippen LogP) is 5.77. The van der Waals surface area contributed by atoms with Gasteiger partial charge in [0, 0.05) is 0 Å². The molecule has 234 valence electrons. The van der Waals surface area contributed by atoms with E-state index < -0.39 is 37.3 Å². The molecule has 6 heteroatoms. The Morgan fingerprint density at radius 3 is 2.49 bits per heavy atom. The Hall–Kier alpha value is -0.760. The fraction of sp³-hybridized carbons (Fsp3) is 0.886. The van der Waals surface area contributed by atoms with E-state index in [1.807, 2.05) is 0 Å². The van der Waals surface area contributed by atoms with Crippen molar-refractivity contribution in [1.82, 2.24) is 0 Å². The summed E-state index contributed by atoms with van der Waals surface area (Å²) in [6, 6.07) is 0. The minimum absolute atomic E-state index is 0.107. The topological polar surface area (TPSA) is 99.4 Å². The van der Waals surface area contributed by atoms with Gasteiger partial charge < -0.3 is 29.9 Å². The van der Waals surface area contributed by atoms with Crippen LogP contribution in [0.2, 0.25) is 0 Å². The second kappa shape index (κ2) is 12.3. The lowest BCUT2D eigenvalue weighted by molar-refractivity contribution is -0.313. The van der Waals surface area contributed by atoms with Crippen LogP contribution < -0.4 is 0 Å². The zero-order valence-corrected chi connectivity index (χ0v) is 26.3. The summed E-state index contributed by atoms with van der Waals surface area (Å²) in [5.74, 6) is 4.57. The summed E-state index contributed by atoms with van der Waals surface area (Å²) in [6.45, 7) is 16.0. The molecule has 1 saturated heterocycles. The van der Waals surface area contributed by atoms with Gasteiger partial charge in [0.1, 0.15) is 24.4 Å². The molecule has 0 aromatic heterocycles. The normalized spacial score (nSPS) is 47.5. The monoisotopic (exact) mass is 574 g/mol. The lowest BCUT2D eigenvalue weighted by atomic mass is 9.47. The largest absolute Gasteiger partial charge is 0.394 e. The summed E-state index contributed by atoms with van der Waals surface area (Å²) in [7, 11) is 0. The molecule has 14 atom stereocenters. The van der Waals surface area contributed by atoms with Gasteiger partial charge in [-0.3, -0.25) is 0 Å². The number of aliphatic hydroxyl groups is 4. The van der Waals surface area contributed by atoms with Crippen molar-refractivity contribution in [3.8, 4) is 0 Å². The van der Waals surface area contributed by atoms with Crippen LogP contribution in [-0.4, -0.2) is 63.8 Å². The second-order valence-corrected chi connectivity index (χ2v) is 15.2. The first-order valence-corrected chi connectivity index (χ1v) is 16.7. The lowest BCUT2D eigenvalue weighted by Gasteiger charge is -2.58. The van der Waals surface area contributed by atoms with Crippen molar-refractivity contribution in [3.05, 3.63) is 23.8 Å². The quantitative estimate of drug-likeness (QED) is 0.261. The maximum atomic E-state index is 10.5. The van der Waals surface area contributed by atoms with E-state index in [4.69, 9.17) is 9.47 Å². The molecule has 0 bridgehead atoms. The van der Waals surface area contributed by atoms with E-state index in [1.165, 1.54) is 56.1 Å². The fourth-order valence-corrected chi connectivity index (χ4v) is 10.6. The van der Waals surface area contributed by atoms with Crippen LogP contribution in [0.3, 0.4) is 0 Å². The zero-order chi connectivity index (χ0) is 29.7. The van der Waals surface area contributed by atoms with Crippen molar-refractivity contribution in [3.63, 3.8) is 0 Å². The first-order valence-electron chi connectivity index (χ1n) is 16.7. The van der Waals surface area contributed by atoms with Crippen LogP contribution in [0.4, 0.5) is 0 Å². The molecule has 0 aromatic rings. The van der Waals surface area contributed by atoms with Crippen LogP contribution >= 0.6 is 0 Å². The molecule has 5 aliphatic rings. The van der Waals surface area contributed by atoms with Crippen LogP contribution in [0, 0.1) is 46.3 Å². The maximum absolute atomic E-state index is 10.5. The third kappa shape index (κ3) is 5.64. The first kappa shape index (κ1) is 31.7. The van der Waals surface area contributed by atoms with E-state index in [0.717, 1.165) is 55.3 Å². The Morgan fingerprint density at radius 2 is 1.80 bits per heavy atom. The molecule has 0 amide bonds. The number of rotatable bonds is 9. The molecule has 4 N–H and O–H groups in total. The zero-order valence-electron chi connectivity index (χ0n) is 26.3. The number of aliphatic hydroxyl groups excluding tert-OH is 4. The van der Waals surface area contributed by atoms with Gasteiger partial charge in [0.25, 0.3) is 0 Å². The number of allylic oxidation sites excluding steroid dienone is 2. The molecule has 4 fully saturated rings. The Kier molecular flexibility index (Phi) is 9.51. The number of fused-ring (bicyclic) bond motifs is 5. The summed E-state index contributed by atoms with van der Waals surface area (Å²) in [6.07, 6.45) is 9.51. The molecule has 0 spiro atoms. The fourth-order valence-electron chi connectivity index (χ4n) is 10.6. The number of ether oxygens (including phenoxy) is 2. The molecule has 1 aliphatic heterocycles. The highest BCUT2D eigenvalue weighted by Crippen LogP contribution is 2.67. The Bertz CT molecular complexity index is 962. The van der Waals surface area contributed by atoms with E-state index in [2.05, 4.69) is 47.3 Å². The Morgan fingerprint density at radius 1 is 1.05 bits per heavy atom. The highest BCUT2D eigenvalue weighted by atomic mass is 16.7. The van der Waals surface area contributed by atoms with Gasteiger partial charge in [0.05, 0.1) is 12.7 Å². The van der Waals surface area contributed by atoms with Gasteiger partial charge in [-0.05, 0) is 124 Å². The summed E-state index contributed by atoms with van der Waals surface area (Å²) < 4.78 is 11.9. The van der Waals surface area contributed by atoms with Gasteiger partial charge >= 0.3 is 0 Å². The smallest absolute Gasteiger partial charge is 0.186 e. The number of hydrogen-bond donors (Lipinski definition) is 4. The Labute approximate surface area is 248 Å². The predicted molar refractivity (Wildman–Crippen MR) is 161 cm³/mol. The van der Waals surface area contributed by atoms with Gasteiger partial charge in [0.15, 0.2) is 6.29 Å². The molecular formula is C35H58O6. The summed E-state index contributed by atoms with van der Waals surface area (Å²) in [5.41, 5.74) is 3.49. The van der Waals surface area contributed by atoms with Gasteiger partial charge in [-0.25, -0.2) is 0 Å². The molecule has 41 heavy (non-hydrogen) atoms. The minimum Gasteiger partial charge on any atom is -0.394 e. The van der Waals surface area contributed by atoms with E-state index >= 15 is 0 Å². The molecule has 0 aromatic carbocycles. The SMILES string of the molecule is C=C(C)[C@H](CC)CC[C@H](C)[C@@H]1CC[C@@H]2[C@H]3CC=C4C[C@H](O[C@H]5O[C@@H](CO)[C@H](O)[C@@H](O)[C@@H]5O)CC[C@@]4(C)[C@@H]3CC[C@]21C. The standard InChI is InChI=1S/C35H58O6/c1-7-22(20(2)3)9-8-21(4)26-12-13-27-25-11-10-23-18-24(14-16-34(23,5)28(25)15-17-35(26,27)6)40-33-32(39)31(38)30(37)29(19-36)41-33/h10,21-22,24-33,36-39H,2,7-9,11-19H2,1,3-6H3/t21-,22+,24+,25+,26-,27+,28+,29-,30-,31+,32-,33-,34+,35-/m0/s1. The average Bonchev–Trinajstić information content (AvgIpc) is 3.30. The molecule has 5 rings (SSSR count). The molecular weight excluding hydrogens is 516 g/mol. The third-order valence-corrected chi connectivity index (χ3v) is 13.2. The first-order chi connectivity index (χ1) is 19.4. The summed E-state index contributed by atoms with van der Waals surface area (Å²) in [4.78, 5) is 0. The van der Waals surface area contributed by atoms with Crippen molar-refractivity contribution < 1.29 is 29.9 Å². The Balaban J connectivity index is 1.24. The van der Waals surface area contributed by atoms with Crippen molar-refractivity contribution in [2.75, 3.05) is 6.61 Å². The van der Waals surface area contributed by atoms with Crippen molar-refractivity contribution in [1.29, 1.82) is 0 Å². The van der Waals surface area contributed by atoms with Crippen molar-refractivity contribution >= 4 is 0 Å². The summed E-state index contributed by atoms with van der Waals surface area (Å²) in [5, 5.41) is 40.4. The second-order valence-electron chi connectivity index (χ2n) is 15.2. The van der Waals surface area contributed by atoms with E-state index in [-0.39, 0.29) is 11.5 Å². The van der Waals surface area contributed by atoms with E-state index in [1.54, 1.807) is 0 Å². The van der Waals surface area contributed by atoms with Crippen molar-refractivity contribution in [2.45, 2.75) is 142 Å². The average molecular weight is 575 g/mol. The maximum Gasteiger partial charge on any atom is 0.186 e. The van der Waals surface area contributed by atoms with Gasteiger partial charge in [-0.15, -0.1) is 0 Å².